The normalized spacial score (nSPS) is 26.4. The van der Waals surface area contributed by atoms with E-state index in [1.807, 2.05) is 66.7 Å². The van der Waals surface area contributed by atoms with Crippen molar-refractivity contribution in [2.75, 3.05) is 13.7 Å². The van der Waals surface area contributed by atoms with Gasteiger partial charge in [-0.2, -0.15) is 0 Å². The first-order chi connectivity index (χ1) is 25.6. The van der Waals surface area contributed by atoms with Crippen molar-refractivity contribution in [3.05, 3.63) is 140 Å². The maximum absolute atomic E-state index is 15.3. The number of aromatic hydroxyl groups is 2. The molecule has 3 aliphatic carbocycles. The second-order valence-corrected chi connectivity index (χ2v) is 15.8. The molecule has 8 nitrogen and oxygen atoms in total. The fourth-order valence-corrected chi connectivity index (χ4v) is 10.3. The molecule has 0 radical (unpaired) electrons. The van der Waals surface area contributed by atoms with Crippen LogP contribution in [0.4, 0.5) is 0 Å². The van der Waals surface area contributed by atoms with E-state index in [2.05, 4.69) is 31.9 Å². The van der Waals surface area contributed by atoms with E-state index in [1.54, 1.807) is 30.3 Å². The highest BCUT2D eigenvalue weighted by atomic mass is 79.9. The van der Waals surface area contributed by atoms with E-state index >= 15 is 9.59 Å². The second-order valence-electron chi connectivity index (χ2n) is 14.2. The Morgan fingerprint density at radius 2 is 1.53 bits per heavy atom. The minimum atomic E-state index is -1.43. The number of imide groups is 1. The van der Waals surface area contributed by atoms with Gasteiger partial charge in [-0.15, -0.1) is 0 Å². The van der Waals surface area contributed by atoms with Crippen LogP contribution in [0.15, 0.2) is 118 Å². The number of amides is 2. The van der Waals surface area contributed by atoms with Crippen molar-refractivity contribution in [1.29, 1.82) is 0 Å². The van der Waals surface area contributed by atoms with E-state index in [0.717, 1.165) is 11.1 Å². The maximum Gasteiger partial charge on any atom is 0.233 e. The Kier molecular flexibility index (Phi) is 9.02. The zero-order valence-electron chi connectivity index (χ0n) is 28.7. The minimum Gasteiger partial charge on any atom is -0.508 e. The molecule has 0 spiro atoms. The summed E-state index contributed by atoms with van der Waals surface area (Å²) in [6, 6.07) is 26.9. The van der Waals surface area contributed by atoms with Crippen molar-refractivity contribution >= 4 is 60.8 Å². The van der Waals surface area contributed by atoms with Gasteiger partial charge in [0, 0.05) is 28.4 Å². The van der Waals surface area contributed by atoms with Crippen LogP contribution in [0, 0.1) is 23.7 Å². The van der Waals surface area contributed by atoms with Gasteiger partial charge in [-0.1, -0.05) is 84.4 Å². The molecule has 0 bridgehead atoms. The molecule has 8 rings (SSSR count). The zero-order valence-corrected chi connectivity index (χ0v) is 31.8. The van der Waals surface area contributed by atoms with E-state index in [4.69, 9.17) is 4.74 Å². The number of carbonyl (C=O) groups is 4. The van der Waals surface area contributed by atoms with E-state index < -0.39 is 35.0 Å². The van der Waals surface area contributed by atoms with Gasteiger partial charge in [-0.25, -0.2) is 0 Å². The molecule has 53 heavy (non-hydrogen) atoms. The Bertz CT molecular complexity index is 2230. The largest absolute Gasteiger partial charge is 0.508 e. The topological polar surface area (TPSA) is 121 Å². The van der Waals surface area contributed by atoms with E-state index in [0.29, 0.717) is 44.1 Å². The first kappa shape index (κ1) is 35.2. The highest BCUT2D eigenvalue weighted by Crippen LogP contribution is 2.65. The first-order valence-corrected chi connectivity index (χ1v) is 19.2. The Labute approximate surface area is 323 Å². The number of nitrogens with zero attached hydrogens (tertiary/aromatic N) is 1. The number of benzene rings is 4. The standard InChI is InChI=1S/C43H35Br2NO7/c1-53-33-21-31(37(44)38(45)40(33)50)36-27-16-17-28-35(42(52)46(41(28)51)19-18-23-12-14-26(47)15-13-23)30(27)20-32-39(49)29(24-8-4-2-5-9-24)22-34(48)43(32,36)25-10-6-3-7-11-25/h2-16,21-22,28,30,32,35-36,47,50H,17-20H2,1H3/t28-,30+,32-,35-,36+,43-/m0/s1. The number of carbonyl (C=O) groups excluding carboxylic acids is 4. The molecule has 268 valence electrons. The lowest BCUT2D eigenvalue weighted by molar-refractivity contribution is -0.140. The summed E-state index contributed by atoms with van der Waals surface area (Å²) in [5.41, 5.74) is 2.48. The van der Waals surface area contributed by atoms with Crippen LogP contribution in [-0.4, -0.2) is 52.1 Å². The van der Waals surface area contributed by atoms with Crippen molar-refractivity contribution in [3.8, 4) is 17.2 Å². The number of likely N-dealkylation sites (tertiary alicyclic amines) is 1. The number of rotatable bonds is 7. The van der Waals surface area contributed by atoms with Crippen LogP contribution in [0.25, 0.3) is 5.57 Å². The number of hydrogen-bond donors (Lipinski definition) is 2. The molecule has 2 amide bonds. The lowest BCUT2D eigenvalue weighted by atomic mass is 9.44. The summed E-state index contributed by atoms with van der Waals surface area (Å²) in [5.74, 6) is -4.33. The Morgan fingerprint density at radius 1 is 0.849 bits per heavy atom. The van der Waals surface area contributed by atoms with Crippen LogP contribution >= 0.6 is 31.9 Å². The monoisotopic (exact) mass is 835 g/mol. The predicted molar refractivity (Wildman–Crippen MR) is 205 cm³/mol. The number of halogens is 2. The van der Waals surface area contributed by atoms with Crippen LogP contribution in [0.5, 0.6) is 17.2 Å². The molecule has 6 atom stereocenters. The average Bonchev–Trinajstić information content (AvgIpc) is 3.43. The molecule has 4 aromatic carbocycles. The fraction of sp³-hybridized carbons (Fsp3) is 0.256. The molecule has 1 aliphatic heterocycles. The summed E-state index contributed by atoms with van der Waals surface area (Å²) < 4.78 is 6.44. The number of ether oxygens (including phenoxy) is 1. The van der Waals surface area contributed by atoms with Gasteiger partial charge in [0.05, 0.1) is 28.8 Å². The van der Waals surface area contributed by atoms with Crippen molar-refractivity contribution in [3.63, 3.8) is 0 Å². The molecular weight excluding hydrogens is 802 g/mol. The highest BCUT2D eigenvalue weighted by Gasteiger charge is 2.66. The van der Waals surface area contributed by atoms with Gasteiger partial charge in [0.25, 0.3) is 0 Å². The highest BCUT2D eigenvalue weighted by molar-refractivity contribution is 9.13. The molecule has 1 saturated carbocycles. The van der Waals surface area contributed by atoms with Crippen LogP contribution in [0.1, 0.15) is 41.0 Å². The molecule has 0 unspecified atom stereocenters. The molecule has 2 N–H and O–H groups in total. The van der Waals surface area contributed by atoms with Gasteiger partial charge in [0.2, 0.25) is 11.8 Å². The molecule has 2 fully saturated rings. The van der Waals surface area contributed by atoms with Gasteiger partial charge >= 0.3 is 0 Å². The third-order valence-electron chi connectivity index (χ3n) is 11.7. The summed E-state index contributed by atoms with van der Waals surface area (Å²) in [7, 11) is 1.45. The number of ketones is 2. The second kappa shape index (κ2) is 13.6. The number of phenols is 2. The lowest BCUT2D eigenvalue weighted by Crippen LogP contribution is -2.59. The van der Waals surface area contributed by atoms with Gasteiger partial charge < -0.3 is 14.9 Å². The summed E-state index contributed by atoms with van der Waals surface area (Å²) in [6.45, 7) is 0.185. The SMILES string of the molecule is COc1cc([C@H]2C3=CC[C@@H]4C(=O)N(CCc5ccc(O)cc5)C(=O)[C@@H]4[C@@H]3C[C@H]3C(=O)C(c4ccccc4)=CC(=O)[C@@]23c2ccccc2)c(Br)c(Br)c1O. The van der Waals surface area contributed by atoms with E-state index in [1.165, 1.54) is 18.1 Å². The van der Waals surface area contributed by atoms with Crippen LogP contribution in [0.3, 0.4) is 0 Å². The third kappa shape index (κ3) is 5.44. The zero-order chi connectivity index (χ0) is 37.2. The predicted octanol–water partition coefficient (Wildman–Crippen LogP) is 7.70. The van der Waals surface area contributed by atoms with Crippen molar-refractivity contribution in [2.24, 2.45) is 23.7 Å². The smallest absolute Gasteiger partial charge is 0.233 e. The number of allylic oxidation sites excluding steroid dienone is 4. The van der Waals surface area contributed by atoms with Crippen molar-refractivity contribution in [1.82, 2.24) is 4.90 Å². The van der Waals surface area contributed by atoms with Gasteiger partial charge in [0.15, 0.2) is 23.1 Å². The molecule has 4 aromatic rings. The molecule has 10 heteroatoms. The van der Waals surface area contributed by atoms with Crippen LogP contribution in [-0.2, 0) is 31.0 Å². The number of Topliss-reactive ketones (excluding diaryl/α,β-unsaturated/α-hetero) is 1. The summed E-state index contributed by atoms with van der Waals surface area (Å²) in [5, 5.41) is 20.8. The number of fused-ring (bicyclic) bond motifs is 4. The first-order valence-electron chi connectivity index (χ1n) is 17.6. The quantitative estimate of drug-likeness (QED) is 0.145. The average molecular weight is 838 g/mol. The van der Waals surface area contributed by atoms with Crippen molar-refractivity contribution in [2.45, 2.75) is 30.6 Å². The summed E-state index contributed by atoms with van der Waals surface area (Å²) in [4.78, 5) is 60.4. The maximum atomic E-state index is 15.3. The molecule has 1 heterocycles. The molecule has 1 saturated heterocycles. The summed E-state index contributed by atoms with van der Waals surface area (Å²) in [6.07, 6.45) is 4.41. The number of hydrogen-bond acceptors (Lipinski definition) is 7. The van der Waals surface area contributed by atoms with Gasteiger partial charge in [0.1, 0.15) is 5.75 Å². The van der Waals surface area contributed by atoms with Crippen LogP contribution in [0.2, 0.25) is 0 Å². The molecular formula is C43H35Br2NO7. The van der Waals surface area contributed by atoms with Crippen molar-refractivity contribution < 1.29 is 34.1 Å². The minimum absolute atomic E-state index is 0.128. The number of phenolic OH excluding ortho intramolecular Hbond substituents is 2. The fourth-order valence-electron chi connectivity index (χ4n) is 9.39. The van der Waals surface area contributed by atoms with Gasteiger partial charge in [-0.05, 0) is 104 Å². The van der Waals surface area contributed by atoms with E-state index in [9.17, 15) is 19.8 Å². The molecule has 4 aliphatic rings. The summed E-state index contributed by atoms with van der Waals surface area (Å²) >= 11 is 7.27. The lowest BCUT2D eigenvalue weighted by Gasteiger charge is -2.55. The third-order valence-corrected chi connectivity index (χ3v) is 13.9. The Hall–Kier alpha value is -4.80. The van der Waals surface area contributed by atoms with Crippen LogP contribution < -0.4 is 4.74 Å². The van der Waals surface area contributed by atoms with Gasteiger partial charge in [-0.3, -0.25) is 24.1 Å². The molecule has 0 aromatic heterocycles. The van der Waals surface area contributed by atoms with E-state index in [-0.39, 0.29) is 53.6 Å². The Balaban J connectivity index is 1.32. The Morgan fingerprint density at radius 3 is 2.21 bits per heavy atom. The number of methoxy groups -OCH3 is 1.